The molecule has 1 saturated carbocycles. The molecule has 144 valence electrons. The Morgan fingerprint density at radius 2 is 2.00 bits per heavy atom. The van der Waals surface area contributed by atoms with Gasteiger partial charge in [0.15, 0.2) is 11.5 Å². The smallest absolute Gasteiger partial charge is 0.314 e. The summed E-state index contributed by atoms with van der Waals surface area (Å²) in [5, 5.41) is 0. The number of carbonyl (C=O) groups excluding carboxylic acids is 1. The minimum Gasteiger partial charge on any atom is -0.494 e. The first-order chi connectivity index (χ1) is 12.6. The first-order valence-corrected chi connectivity index (χ1v) is 9.81. The van der Waals surface area contributed by atoms with Crippen LogP contribution in [0.4, 0.5) is 4.39 Å². The van der Waals surface area contributed by atoms with Gasteiger partial charge >= 0.3 is 5.97 Å². The van der Waals surface area contributed by atoms with Crippen LogP contribution in [0.25, 0.3) is 0 Å². The van der Waals surface area contributed by atoms with Gasteiger partial charge in [0.2, 0.25) is 5.82 Å². The minimum atomic E-state index is -0.595. The lowest BCUT2D eigenvalue weighted by molar-refractivity contribution is -0.140. The molecule has 1 aromatic rings. The largest absolute Gasteiger partial charge is 0.494 e. The van der Waals surface area contributed by atoms with E-state index in [1.807, 2.05) is 0 Å². The first kappa shape index (κ1) is 19.2. The molecule has 5 heteroatoms. The molecule has 1 aliphatic heterocycles. The fourth-order valence-corrected chi connectivity index (χ4v) is 4.05. The maximum Gasteiger partial charge on any atom is 0.314 e. The Morgan fingerprint density at radius 3 is 2.69 bits per heavy atom. The van der Waals surface area contributed by atoms with Crippen LogP contribution in [0.1, 0.15) is 57.4 Å². The van der Waals surface area contributed by atoms with Gasteiger partial charge in [-0.2, -0.15) is 4.39 Å². The Bertz CT molecular complexity index is 623. The van der Waals surface area contributed by atoms with Crippen LogP contribution in [-0.4, -0.2) is 25.8 Å². The third kappa shape index (κ3) is 4.37. The van der Waals surface area contributed by atoms with E-state index in [0.29, 0.717) is 25.6 Å². The Hall–Kier alpha value is -1.62. The van der Waals surface area contributed by atoms with Gasteiger partial charge in [-0.3, -0.25) is 4.79 Å². The minimum absolute atomic E-state index is 0.0227. The summed E-state index contributed by atoms with van der Waals surface area (Å²) in [6.45, 7) is 2.93. The van der Waals surface area contributed by atoms with Crippen molar-refractivity contribution < 1.29 is 23.4 Å². The van der Waals surface area contributed by atoms with E-state index in [1.54, 1.807) is 12.1 Å². The number of rotatable bonds is 7. The van der Waals surface area contributed by atoms with E-state index in [9.17, 15) is 9.18 Å². The van der Waals surface area contributed by atoms with E-state index in [2.05, 4.69) is 6.92 Å². The molecule has 4 nitrogen and oxygen atoms in total. The molecule has 1 fully saturated rings. The van der Waals surface area contributed by atoms with Crippen molar-refractivity contribution in [2.24, 2.45) is 11.8 Å². The molecule has 0 radical (unpaired) electrons. The molecule has 0 N–H and O–H groups in total. The van der Waals surface area contributed by atoms with Gasteiger partial charge in [-0.05, 0) is 62.5 Å². The van der Waals surface area contributed by atoms with Gasteiger partial charge in [0, 0.05) is 6.61 Å². The van der Waals surface area contributed by atoms with Crippen molar-refractivity contribution in [1.82, 2.24) is 0 Å². The zero-order valence-electron chi connectivity index (χ0n) is 15.8. The summed E-state index contributed by atoms with van der Waals surface area (Å²) in [5.41, 5.74) is 0.728. The van der Waals surface area contributed by atoms with Crippen molar-refractivity contribution >= 4 is 5.97 Å². The van der Waals surface area contributed by atoms with E-state index in [-0.39, 0.29) is 23.4 Å². The lowest BCUT2D eigenvalue weighted by atomic mass is 9.86. The molecule has 1 heterocycles. The number of carbonyl (C=O) groups is 1. The number of hydrogen-bond donors (Lipinski definition) is 0. The Balaban J connectivity index is 1.45. The van der Waals surface area contributed by atoms with Crippen molar-refractivity contribution in [3.8, 4) is 11.5 Å². The Kier molecular flexibility index (Phi) is 6.52. The van der Waals surface area contributed by atoms with E-state index in [1.165, 1.54) is 26.4 Å². The van der Waals surface area contributed by atoms with Crippen LogP contribution in [0, 0.1) is 17.7 Å². The Labute approximate surface area is 155 Å². The predicted molar refractivity (Wildman–Crippen MR) is 97.0 cm³/mol. The molecule has 0 bridgehead atoms. The molecular formula is C21H29FO4. The average Bonchev–Trinajstić information content (AvgIpc) is 2.67. The molecule has 26 heavy (non-hydrogen) atoms. The van der Waals surface area contributed by atoms with Crippen LogP contribution >= 0.6 is 0 Å². The van der Waals surface area contributed by atoms with Gasteiger partial charge in [0.25, 0.3) is 0 Å². The van der Waals surface area contributed by atoms with Crippen molar-refractivity contribution in [2.75, 3.05) is 13.7 Å². The van der Waals surface area contributed by atoms with Crippen molar-refractivity contribution in [3.63, 3.8) is 0 Å². The van der Waals surface area contributed by atoms with Gasteiger partial charge in [-0.15, -0.1) is 0 Å². The maximum atomic E-state index is 14.2. The first-order valence-electron chi connectivity index (χ1n) is 9.81. The molecule has 0 aromatic heterocycles. The number of benzene rings is 1. The highest BCUT2D eigenvalue weighted by atomic mass is 19.1. The summed E-state index contributed by atoms with van der Waals surface area (Å²) in [4.78, 5) is 12.2. The van der Waals surface area contributed by atoms with E-state index < -0.39 is 5.82 Å². The second kappa shape index (κ2) is 8.85. The summed E-state index contributed by atoms with van der Waals surface area (Å²) in [6.07, 6.45) is 8.51. The standard InChI is InChI=1S/C21H29FO4/c1-3-14-6-9-17(10-7-14)25-12-4-5-16-13-15-8-11-18(24-2)19(22)20(15)26-21(16)23/h8,11,14,16-17H,3-7,9-10,12-13H2,1-2H3. The summed E-state index contributed by atoms with van der Waals surface area (Å²) in [6, 6.07) is 3.36. The zero-order chi connectivity index (χ0) is 18.5. The predicted octanol–water partition coefficient (Wildman–Crippen LogP) is 4.68. The maximum absolute atomic E-state index is 14.2. The highest BCUT2D eigenvalue weighted by Gasteiger charge is 2.31. The number of ether oxygens (including phenoxy) is 3. The third-order valence-electron chi connectivity index (χ3n) is 5.79. The van der Waals surface area contributed by atoms with Crippen LogP contribution in [0.15, 0.2) is 12.1 Å². The normalized spacial score (nSPS) is 25.5. The molecule has 3 rings (SSSR count). The zero-order valence-corrected chi connectivity index (χ0v) is 15.8. The number of esters is 1. The number of hydrogen-bond acceptors (Lipinski definition) is 4. The second-order valence-electron chi connectivity index (χ2n) is 7.46. The third-order valence-corrected chi connectivity index (χ3v) is 5.79. The van der Waals surface area contributed by atoms with E-state index >= 15 is 0 Å². The van der Waals surface area contributed by atoms with Crippen LogP contribution in [0.5, 0.6) is 11.5 Å². The molecule has 1 aliphatic carbocycles. The molecule has 0 spiro atoms. The molecule has 0 saturated heterocycles. The van der Waals surface area contributed by atoms with Crippen LogP contribution in [-0.2, 0) is 16.0 Å². The Morgan fingerprint density at radius 1 is 1.23 bits per heavy atom. The fraction of sp³-hybridized carbons (Fsp3) is 0.667. The van der Waals surface area contributed by atoms with Gasteiger partial charge in [0.1, 0.15) is 0 Å². The van der Waals surface area contributed by atoms with Gasteiger partial charge in [-0.25, -0.2) is 0 Å². The van der Waals surface area contributed by atoms with E-state index in [4.69, 9.17) is 14.2 Å². The lowest BCUT2D eigenvalue weighted by Crippen LogP contribution is -2.29. The average molecular weight is 364 g/mol. The van der Waals surface area contributed by atoms with Crippen LogP contribution in [0.2, 0.25) is 0 Å². The highest BCUT2D eigenvalue weighted by molar-refractivity contribution is 5.78. The van der Waals surface area contributed by atoms with Crippen molar-refractivity contribution in [1.29, 1.82) is 0 Å². The second-order valence-corrected chi connectivity index (χ2v) is 7.46. The van der Waals surface area contributed by atoms with Crippen molar-refractivity contribution in [2.45, 2.75) is 64.4 Å². The SMILES string of the molecule is CCC1CCC(OCCCC2Cc3ccc(OC)c(F)c3OC2=O)CC1. The highest BCUT2D eigenvalue weighted by Crippen LogP contribution is 2.36. The molecule has 2 aliphatic rings. The van der Waals surface area contributed by atoms with Crippen LogP contribution < -0.4 is 9.47 Å². The number of methoxy groups -OCH3 is 1. The molecular weight excluding hydrogens is 335 g/mol. The van der Waals surface area contributed by atoms with Gasteiger partial charge in [-0.1, -0.05) is 19.4 Å². The van der Waals surface area contributed by atoms with Gasteiger partial charge < -0.3 is 14.2 Å². The summed E-state index contributed by atoms with van der Waals surface area (Å²) < 4.78 is 30.4. The number of halogens is 1. The lowest BCUT2D eigenvalue weighted by Gasteiger charge is -2.28. The topological polar surface area (TPSA) is 44.8 Å². The fourth-order valence-electron chi connectivity index (χ4n) is 4.05. The molecule has 1 unspecified atom stereocenters. The molecule has 1 atom stereocenters. The van der Waals surface area contributed by atoms with Gasteiger partial charge in [0.05, 0.1) is 19.1 Å². The number of fused-ring (bicyclic) bond motifs is 1. The molecule has 1 aromatic carbocycles. The van der Waals surface area contributed by atoms with Crippen molar-refractivity contribution in [3.05, 3.63) is 23.5 Å². The summed E-state index contributed by atoms with van der Waals surface area (Å²) in [7, 11) is 1.40. The summed E-state index contributed by atoms with van der Waals surface area (Å²) >= 11 is 0. The molecule has 0 amide bonds. The van der Waals surface area contributed by atoms with E-state index in [0.717, 1.165) is 30.7 Å². The summed E-state index contributed by atoms with van der Waals surface area (Å²) in [5.74, 6) is -0.188. The quantitative estimate of drug-likeness (QED) is 0.400. The monoisotopic (exact) mass is 364 g/mol. The van der Waals surface area contributed by atoms with Crippen LogP contribution in [0.3, 0.4) is 0 Å².